The summed E-state index contributed by atoms with van der Waals surface area (Å²) in [4.78, 5) is 4.70. The van der Waals surface area contributed by atoms with Crippen LogP contribution in [-0.4, -0.2) is 23.2 Å². The predicted octanol–water partition coefficient (Wildman–Crippen LogP) is 3.50. The molecule has 0 aromatic heterocycles. The van der Waals surface area contributed by atoms with Crippen molar-refractivity contribution in [2.45, 2.75) is 46.6 Å². The molecule has 0 saturated heterocycles. The van der Waals surface area contributed by atoms with Crippen LogP contribution in [0.15, 0.2) is 17.1 Å². The van der Waals surface area contributed by atoms with Crippen molar-refractivity contribution in [3.63, 3.8) is 0 Å². The lowest BCUT2D eigenvalue weighted by atomic mass is 9.91. The maximum absolute atomic E-state index is 8.04. The second kappa shape index (κ2) is 5.89. The Balaban J connectivity index is 3.06. The van der Waals surface area contributed by atoms with Crippen LogP contribution in [0.4, 0.5) is 0 Å². The van der Waals surface area contributed by atoms with E-state index in [1.54, 1.807) is 6.92 Å². The molecular formula is C14H23N3. The van der Waals surface area contributed by atoms with Gasteiger partial charge in [0.15, 0.2) is 0 Å². The van der Waals surface area contributed by atoms with E-state index in [0.717, 1.165) is 18.6 Å². The largest absolute Gasteiger partial charge is 0.309 e. The Bertz CT molecular complexity index is 364. The molecule has 0 bridgehead atoms. The minimum Gasteiger partial charge on any atom is -0.309 e. The summed E-state index contributed by atoms with van der Waals surface area (Å²) in [6, 6.07) is 0.238. The molecule has 2 atom stereocenters. The molecule has 1 aliphatic carbocycles. The van der Waals surface area contributed by atoms with E-state index in [4.69, 9.17) is 15.8 Å². The van der Waals surface area contributed by atoms with Gasteiger partial charge in [-0.1, -0.05) is 19.9 Å². The zero-order valence-corrected chi connectivity index (χ0v) is 11.2. The molecule has 0 spiro atoms. The van der Waals surface area contributed by atoms with Crippen LogP contribution < -0.4 is 0 Å². The summed E-state index contributed by atoms with van der Waals surface area (Å²) in [5.74, 6) is 0.287. The van der Waals surface area contributed by atoms with Crippen molar-refractivity contribution in [2.75, 3.05) is 0 Å². The third-order valence-corrected chi connectivity index (χ3v) is 3.26. The first kappa shape index (κ1) is 13.8. The summed E-state index contributed by atoms with van der Waals surface area (Å²) in [5, 5.41) is 15.9. The molecule has 3 nitrogen and oxygen atoms in total. The number of aliphatic imine (C=N–C) groups is 1. The number of allylic oxidation sites excluding steroid dienone is 2. The van der Waals surface area contributed by atoms with Gasteiger partial charge in [0.1, 0.15) is 0 Å². The van der Waals surface area contributed by atoms with Gasteiger partial charge in [0.25, 0.3) is 0 Å². The Morgan fingerprint density at radius 2 is 2.06 bits per heavy atom. The molecule has 94 valence electrons. The van der Waals surface area contributed by atoms with Crippen LogP contribution in [0.1, 0.15) is 40.5 Å². The Hall–Kier alpha value is -1.25. The maximum atomic E-state index is 8.04. The summed E-state index contributed by atoms with van der Waals surface area (Å²) in [6.45, 7) is 8.16. The number of hydrogen-bond donors (Lipinski definition) is 2. The van der Waals surface area contributed by atoms with Gasteiger partial charge in [-0.05, 0) is 38.7 Å². The third kappa shape index (κ3) is 3.62. The molecule has 17 heavy (non-hydrogen) atoms. The number of nitrogens with zero attached hydrogens (tertiary/aromatic N) is 1. The van der Waals surface area contributed by atoms with Crippen LogP contribution in [-0.2, 0) is 0 Å². The van der Waals surface area contributed by atoms with Crippen molar-refractivity contribution >= 4 is 17.1 Å². The Morgan fingerprint density at radius 1 is 1.41 bits per heavy atom. The van der Waals surface area contributed by atoms with Crippen LogP contribution in [0.2, 0.25) is 0 Å². The van der Waals surface area contributed by atoms with Crippen molar-refractivity contribution in [3.05, 3.63) is 12.2 Å². The van der Waals surface area contributed by atoms with E-state index in [1.807, 2.05) is 6.08 Å². The SMILES string of the molecule is CC(=N)C1C(=N)CCC=CC1=NC(C)C(C)C. The highest BCUT2D eigenvalue weighted by molar-refractivity contribution is 6.25. The highest BCUT2D eigenvalue weighted by atomic mass is 14.8. The molecule has 0 amide bonds. The van der Waals surface area contributed by atoms with Gasteiger partial charge in [-0.25, -0.2) is 0 Å². The molecule has 0 heterocycles. The fourth-order valence-corrected chi connectivity index (χ4v) is 1.85. The lowest BCUT2D eigenvalue weighted by molar-refractivity contribution is 0.531. The molecular weight excluding hydrogens is 210 g/mol. The second-order valence-electron chi connectivity index (χ2n) is 5.12. The van der Waals surface area contributed by atoms with Gasteiger partial charge in [0.05, 0.1) is 5.92 Å². The number of hydrogen-bond acceptors (Lipinski definition) is 3. The smallest absolute Gasteiger partial charge is 0.0758 e. The molecule has 2 unspecified atom stereocenters. The van der Waals surface area contributed by atoms with Gasteiger partial charge >= 0.3 is 0 Å². The van der Waals surface area contributed by atoms with E-state index in [9.17, 15) is 0 Å². The Morgan fingerprint density at radius 3 is 2.59 bits per heavy atom. The normalized spacial score (nSPS) is 25.1. The van der Waals surface area contributed by atoms with E-state index in [0.29, 0.717) is 17.3 Å². The van der Waals surface area contributed by atoms with Crippen LogP contribution in [0, 0.1) is 22.7 Å². The topological polar surface area (TPSA) is 60.1 Å². The molecule has 0 fully saturated rings. The highest BCUT2D eigenvalue weighted by Crippen LogP contribution is 2.17. The molecule has 0 aliphatic heterocycles. The second-order valence-corrected chi connectivity index (χ2v) is 5.12. The monoisotopic (exact) mass is 233 g/mol. The standard InChI is InChI=1S/C14H23N3/c1-9(2)11(4)17-13-8-6-5-7-12(16)14(13)10(3)15/h6,8-9,11,14-16H,5,7H2,1-4H3. The Labute approximate surface area is 104 Å². The first-order chi connectivity index (χ1) is 7.93. The molecule has 0 radical (unpaired) electrons. The average molecular weight is 233 g/mol. The zero-order chi connectivity index (χ0) is 13.0. The van der Waals surface area contributed by atoms with Gasteiger partial charge in [0, 0.05) is 23.2 Å². The molecule has 1 rings (SSSR count). The summed E-state index contributed by atoms with van der Waals surface area (Å²) in [6.07, 6.45) is 5.71. The van der Waals surface area contributed by atoms with E-state index >= 15 is 0 Å². The summed E-state index contributed by atoms with van der Waals surface area (Å²) < 4.78 is 0. The van der Waals surface area contributed by atoms with Crippen molar-refractivity contribution in [1.29, 1.82) is 10.8 Å². The van der Waals surface area contributed by atoms with E-state index in [-0.39, 0.29) is 12.0 Å². The molecule has 0 saturated carbocycles. The molecule has 3 heteroatoms. The molecule has 0 aromatic rings. The van der Waals surface area contributed by atoms with Gasteiger partial charge in [0.2, 0.25) is 0 Å². The van der Waals surface area contributed by atoms with E-state index in [1.165, 1.54) is 0 Å². The lowest BCUT2D eigenvalue weighted by Gasteiger charge is -2.19. The fraction of sp³-hybridized carbons (Fsp3) is 0.643. The van der Waals surface area contributed by atoms with Crippen LogP contribution >= 0.6 is 0 Å². The highest BCUT2D eigenvalue weighted by Gasteiger charge is 2.23. The van der Waals surface area contributed by atoms with Crippen molar-refractivity contribution in [1.82, 2.24) is 0 Å². The number of rotatable bonds is 3. The lowest BCUT2D eigenvalue weighted by Crippen LogP contribution is -2.29. The minimum atomic E-state index is -0.199. The van der Waals surface area contributed by atoms with E-state index in [2.05, 4.69) is 26.8 Å². The van der Waals surface area contributed by atoms with Crippen molar-refractivity contribution in [2.24, 2.45) is 16.8 Å². The molecule has 0 aromatic carbocycles. The van der Waals surface area contributed by atoms with Gasteiger partial charge in [-0.3, -0.25) is 4.99 Å². The predicted molar refractivity (Wildman–Crippen MR) is 74.7 cm³/mol. The van der Waals surface area contributed by atoms with Crippen LogP contribution in [0.3, 0.4) is 0 Å². The first-order valence-corrected chi connectivity index (χ1v) is 6.30. The fourth-order valence-electron chi connectivity index (χ4n) is 1.85. The zero-order valence-electron chi connectivity index (χ0n) is 11.2. The number of nitrogens with one attached hydrogen (secondary N) is 2. The van der Waals surface area contributed by atoms with Crippen molar-refractivity contribution < 1.29 is 0 Å². The quantitative estimate of drug-likeness (QED) is 0.701. The third-order valence-electron chi connectivity index (χ3n) is 3.26. The van der Waals surface area contributed by atoms with E-state index < -0.39 is 0 Å². The van der Waals surface area contributed by atoms with Gasteiger partial charge in [-0.15, -0.1) is 0 Å². The van der Waals surface area contributed by atoms with Gasteiger partial charge < -0.3 is 10.8 Å². The Kier molecular flexibility index (Phi) is 4.79. The average Bonchev–Trinajstić information content (AvgIpc) is 2.39. The van der Waals surface area contributed by atoms with Crippen molar-refractivity contribution in [3.8, 4) is 0 Å². The molecule has 1 aliphatic rings. The summed E-state index contributed by atoms with van der Waals surface area (Å²) in [5.41, 5.74) is 2.04. The van der Waals surface area contributed by atoms with Crippen LogP contribution in [0.25, 0.3) is 0 Å². The first-order valence-electron chi connectivity index (χ1n) is 6.30. The maximum Gasteiger partial charge on any atom is 0.0758 e. The molecule has 2 N–H and O–H groups in total. The summed E-state index contributed by atoms with van der Waals surface area (Å²) in [7, 11) is 0. The van der Waals surface area contributed by atoms with Gasteiger partial charge in [-0.2, -0.15) is 0 Å². The summed E-state index contributed by atoms with van der Waals surface area (Å²) >= 11 is 0. The van der Waals surface area contributed by atoms with Crippen LogP contribution in [0.5, 0.6) is 0 Å². The minimum absolute atomic E-state index is 0.199.